The molecule has 88 valence electrons. The Hall–Kier alpha value is -1.55. The minimum absolute atomic E-state index is 0.195. The molecule has 0 fully saturated rings. The van der Waals surface area contributed by atoms with Crippen LogP contribution in [0.4, 0.5) is 0 Å². The number of nitrogens with one attached hydrogen (secondary N) is 1. The lowest BCUT2D eigenvalue weighted by Gasteiger charge is -2.04. The SMILES string of the molecule is O=C(NCc1ccc(CBr)cc1)c1ccco1. The molecule has 1 N–H and O–H groups in total. The summed E-state index contributed by atoms with van der Waals surface area (Å²) in [6.07, 6.45) is 1.49. The molecule has 0 spiro atoms. The van der Waals surface area contributed by atoms with Gasteiger partial charge in [-0.15, -0.1) is 0 Å². The van der Waals surface area contributed by atoms with Gasteiger partial charge >= 0.3 is 0 Å². The van der Waals surface area contributed by atoms with Crippen LogP contribution in [0.3, 0.4) is 0 Å². The van der Waals surface area contributed by atoms with Gasteiger partial charge in [0.25, 0.3) is 5.91 Å². The van der Waals surface area contributed by atoms with Crippen molar-refractivity contribution in [2.24, 2.45) is 0 Å². The molecule has 0 saturated carbocycles. The van der Waals surface area contributed by atoms with Crippen LogP contribution in [0.15, 0.2) is 47.1 Å². The van der Waals surface area contributed by atoms with E-state index >= 15 is 0 Å². The first-order valence-electron chi connectivity index (χ1n) is 5.25. The minimum atomic E-state index is -0.195. The Balaban J connectivity index is 1.91. The zero-order valence-corrected chi connectivity index (χ0v) is 10.7. The Bertz CT molecular complexity index is 477. The molecule has 2 aromatic rings. The van der Waals surface area contributed by atoms with Crippen molar-refractivity contribution in [3.8, 4) is 0 Å². The molecule has 1 aromatic carbocycles. The zero-order chi connectivity index (χ0) is 12.1. The van der Waals surface area contributed by atoms with Gasteiger partial charge in [0.15, 0.2) is 5.76 Å². The van der Waals surface area contributed by atoms with Crippen LogP contribution in [0.25, 0.3) is 0 Å². The van der Waals surface area contributed by atoms with Crippen molar-refractivity contribution in [3.63, 3.8) is 0 Å². The molecule has 0 unspecified atom stereocenters. The smallest absolute Gasteiger partial charge is 0.287 e. The number of benzene rings is 1. The Morgan fingerprint density at radius 3 is 2.47 bits per heavy atom. The van der Waals surface area contributed by atoms with Crippen molar-refractivity contribution in [2.45, 2.75) is 11.9 Å². The average molecular weight is 294 g/mol. The van der Waals surface area contributed by atoms with Crippen LogP contribution in [0.1, 0.15) is 21.7 Å². The third-order valence-electron chi connectivity index (χ3n) is 2.38. The zero-order valence-electron chi connectivity index (χ0n) is 9.15. The maximum Gasteiger partial charge on any atom is 0.287 e. The molecule has 1 aromatic heterocycles. The second kappa shape index (κ2) is 5.68. The summed E-state index contributed by atoms with van der Waals surface area (Å²) < 4.78 is 5.00. The highest BCUT2D eigenvalue weighted by Crippen LogP contribution is 2.08. The third-order valence-corrected chi connectivity index (χ3v) is 3.02. The van der Waals surface area contributed by atoms with Gasteiger partial charge in [0, 0.05) is 11.9 Å². The first-order chi connectivity index (χ1) is 8.29. The minimum Gasteiger partial charge on any atom is -0.459 e. The third kappa shape index (κ3) is 3.20. The lowest BCUT2D eigenvalue weighted by Crippen LogP contribution is -2.22. The van der Waals surface area contributed by atoms with Crippen LogP contribution in [0.2, 0.25) is 0 Å². The van der Waals surface area contributed by atoms with Crippen LogP contribution in [-0.4, -0.2) is 5.91 Å². The van der Waals surface area contributed by atoms with E-state index in [-0.39, 0.29) is 5.91 Å². The molecule has 4 heteroatoms. The Morgan fingerprint density at radius 2 is 1.88 bits per heavy atom. The molecule has 0 atom stereocenters. The summed E-state index contributed by atoms with van der Waals surface area (Å²) in [6, 6.07) is 11.4. The van der Waals surface area contributed by atoms with Crippen LogP contribution in [0, 0.1) is 0 Å². The van der Waals surface area contributed by atoms with Gasteiger partial charge in [0.1, 0.15) is 0 Å². The molecule has 3 nitrogen and oxygen atoms in total. The lowest BCUT2D eigenvalue weighted by atomic mass is 10.1. The normalized spacial score (nSPS) is 10.2. The van der Waals surface area contributed by atoms with Crippen molar-refractivity contribution in [3.05, 3.63) is 59.5 Å². The van der Waals surface area contributed by atoms with Crippen LogP contribution in [-0.2, 0) is 11.9 Å². The van der Waals surface area contributed by atoms with E-state index in [2.05, 4.69) is 21.2 Å². The molecule has 0 aliphatic rings. The summed E-state index contributed by atoms with van der Waals surface area (Å²) in [5.41, 5.74) is 2.28. The molecule has 17 heavy (non-hydrogen) atoms. The summed E-state index contributed by atoms with van der Waals surface area (Å²) in [5.74, 6) is 0.140. The van der Waals surface area contributed by atoms with Crippen molar-refractivity contribution < 1.29 is 9.21 Å². The summed E-state index contributed by atoms with van der Waals surface area (Å²) in [4.78, 5) is 11.6. The number of amides is 1. The molecular formula is C13H12BrNO2. The monoisotopic (exact) mass is 293 g/mol. The van der Waals surface area contributed by atoms with Crippen LogP contribution >= 0.6 is 15.9 Å². The maximum absolute atomic E-state index is 11.6. The molecular weight excluding hydrogens is 282 g/mol. The molecule has 0 saturated heterocycles. The van der Waals surface area contributed by atoms with Gasteiger partial charge in [-0.3, -0.25) is 4.79 Å². The van der Waals surface area contributed by atoms with E-state index in [1.54, 1.807) is 12.1 Å². The second-order valence-electron chi connectivity index (χ2n) is 3.61. The van der Waals surface area contributed by atoms with Crippen molar-refractivity contribution in [1.29, 1.82) is 0 Å². The highest BCUT2D eigenvalue weighted by Gasteiger charge is 2.07. The summed E-state index contributed by atoms with van der Waals surface area (Å²) in [5, 5.41) is 3.63. The van der Waals surface area contributed by atoms with Crippen molar-refractivity contribution in [1.82, 2.24) is 5.32 Å². The highest BCUT2D eigenvalue weighted by molar-refractivity contribution is 9.08. The summed E-state index contributed by atoms with van der Waals surface area (Å²) in [6.45, 7) is 0.502. The number of alkyl halides is 1. The van der Waals surface area contributed by atoms with Gasteiger partial charge in [-0.05, 0) is 23.3 Å². The van der Waals surface area contributed by atoms with Gasteiger partial charge in [-0.2, -0.15) is 0 Å². The molecule has 1 heterocycles. The Morgan fingerprint density at radius 1 is 1.18 bits per heavy atom. The number of halogens is 1. The fraction of sp³-hybridized carbons (Fsp3) is 0.154. The fourth-order valence-corrected chi connectivity index (χ4v) is 1.80. The van der Waals surface area contributed by atoms with Crippen LogP contribution < -0.4 is 5.32 Å². The van der Waals surface area contributed by atoms with Gasteiger partial charge < -0.3 is 9.73 Å². The largest absolute Gasteiger partial charge is 0.459 e. The van der Waals surface area contributed by atoms with E-state index in [9.17, 15) is 4.79 Å². The lowest BCUT2D eigenvalue weighted by molar-refractivity contribution is 0.0923. The van der Waals surface area contributed by atoms with Gasteiger partial charge in [0.2, 0.25) is 0 Å². The molecule has 0 bridgehead atoms. The van der Waals surface area contributed by atoms with E-state index in [0.29, 0.717) is 12.3 Å². The second-order valence-corrected chi connectivity index (χ2v) is 4.17. The molecule has 0 aliphatic heterocycles. The Kier molecular flexibility index (Phi) is 3.98. The van der Waals surface area contributed by atoms with Gasteiger partial charge in [-0.1, -0.05) is 40.2 Å². The number of rotatable bonds is 4. The molecule has 1 amide bonds. The molecule has 2 rings (SSSR count). The number of hydrogen-bond donors (Lipinski definition) is 1. The predicted molar refractivity (Wildman–Crippen MR) is 69.0 cm³/mol. The van der Waals surface area contributed by atoms with E-state index in [4.69, 9.17) is 4.42 Å². The summed E-state index contributed by atoms with van der Waals surface area (Å²) >= 11 is 3.39. The van der Waals surface area contributed by atoms with E-state index in [1.807, 2.05) is 24.3 Å². The first-order valence-corrected chi connectivity index (χ1v) is 6.37. The highest BCUT2D eigenvalue weighted by atomic mass is 79.9. The fourth-order valence-electron chi connectivity index (χ4n) is 1.42. The van der Waals surface area contributed by atoms with Crippen molar-refractivity contribution >= 4 is 21.8 Å². The topological polar surface area (TPSA) is 42.2 Å². The number of hydrogen-bond acceptors (Lipinski definition) is 2. The van der Waals surface area contributed by atoms with Gasteiger partial charge in [0.05, 0.1) is 6.26 Å². The summed E-state index contributed by atoms with van der Waals surface area (Å²) in [7, 11) is 0. The molecule has 0 aliphatic carbocycles. The number of carbonyl (C=O) groups excluding carboxylic acids is 1. The standard InChI is InChI=1S/C13H12BrNO2/c14-8-10-3-5-11(6-4-10)9-15-13(16)12-2-1-7-17-12/h1-7H,8-9H2,(H,15,16). The Labute approximate surface area is 108 Å². The van der Waals surface area contributed by atoms with Crippen LogP contribution in [0.5, 0.6) is 0 Å². The van der Waals surface area contributed by atoms with E-state index in [1.165, 1.54) is 11.8 Å². The van der Waals surface area contributed by atoms with Crippen molar-refractivity contribution in [2.75, 3.05) is 0 Å². The maximum atomic E-state index is 11.6. The average Bonchev–Trinajstić information content (AvgIpc) is 2.90. The molecule has 0 radical (unpaired) electrons. The first kappa shape index (κ1) is 11.9. The van der Waals surface area contributed by atoms with E-state index in [0.717, 1.165) is 10.9 Å². The number of carbonyl (C=O) groups is 1. The number of furan rings is 1. The quantitative estimate of drug-likeness (QED) is 0.880. The van der Waals surface area contributed by atoms with E-state index < -0.39 is 0 Å². The predicted octanol–water partition coefficient (Wildman–Crippen LogP) is 3.10. The van der Waals surface area contributed by atoms with Gasteiger partial charge in [-0.25, -0.2) is 0 Å².